The van der Waals surface area contributed by atoms with Gasteiger partial charge in [0.1, 0.15) is 0 Å². The molecule has 1 aromatic carbocycles. The Morgan fingerprint density at radius 1 is 1.36 bits per heavy atom. The van der Waals surface area contributed by atoms with E-state index in [4.69, 9.17) is 11.6 Å². The van der Waals surface area contributed by atoms with E-state index in [1.165, 1.54) is 0 Å². The van der Waals surface area contributed by atoms with Gasteiger partial charge >= 0.3 is 0 Å². The largest absolute Gasteiger partial charge is 0.387 e. The summed E-state index contributed by atoms with van der Waals surface area (Å²) >= 11 is 7.71. The number of halogens is 1. The number of anilines is 1. The lowest BCUT2D eigenvalue weighted by atomic mass is 10.1. The van der Waals surface area contributed by atoms with Gasteiger partial charge in [0, 0.05) is 43.2 Å². The summed E-state index contributed by atoms with van der Waals surface area (Å²) in [6, 6.07) is 7.28. The molecule has 0 saturated heterocycles. The first-order chi connectivity index (χ1) is 12.0. The van der Waals surface area contributed by atoms with Crippen LogP contribution in [0.3, 0.4) is 0 Å². The monoisotopic (exact) mass is 381 g/mol. The molecule has 136 valence electrons. The third-order valence-electron chi connectivity index (χ3n) is 3.39. The van der Waals surface area contributed by atoms with Crippen LogP contribution in [0.25, 0.3) is 0 Å². The first-order valence-electron chi connectivity index (χ1n) is 8.07. The average Bonchev–Trinajstić information content (AvgIpc) is 3.07. The van der Waals surface area contributed by atoms with Crippen molar-refractivity contribution in [1.29, 1.82) is 0 Å². The normalized spacial score (nSPS) is 12.8. The molecule has 0 radical (unpaired) electrons. The van der Waals surface area contributed by atoms with Crippen LogP contribution in [-0.2, 0) is 6.54 Å². The van der Waals surface area contributed by atoms with Crippen LogP contribution in [0.2, 0.25) is 5.02 Å². The Bertz CT molecular complexity index is 704. The highest BCUT2D eigenvalue weighted by atomic mass is 35.5. The molecule has 2 aromatic rings. The van der Waals surface area contributed by atoms with E-state index in [9.17, 15) is 5.11 Å². The van der Waals surface area contributed by atoms with Gasteiger partial charge in [-0.25, -0.2) is 9.98 Å². The summed E-state index contributed by atoms with van der Waals surface area (Å²) in [4.78, 5) is 11.0. The molecule has 8 heteroatoms. The van der Waals surface area contributed by atoms with Crippen molar-refractivity contribution in [3.05, 3.63) is 45.9 Å². The van der Waals surface area contributed by atoms with Gasteiger partial charge in [-0.3, -0.25) is 0 Å². The van der Waals surface area contributed by atoms with Gasteiger partial charge in [0.25, 0.3) is 0 Å². The number of aromatic nitrogens is 1. The number of hydrogen-bond donors (Lipinski definition) is 3. The minimum absolute atomic E-state index is 0.315. The number of thiazole rings is 1. The maximum Gasteiger partial charge on any atom is 0.191 e. The molecule has 2 rings (SSSR count). The maximum absolute atomic E-state index is 10.3. The molecule has 0 saturated carbocycles. The van der Waals surface area contributed by atoms with Crippen LogP contribution in [0.5, 0.6) is 0 Å². The molecule has 3 N–H and O–H groups in total. The van der Waals surface area contributed by atoms with Crippen molar-refractivity contribution in [2.45, 2.75) is 19.6 Å². The van der Waals surface area contributed by atoms with Crippen LogP contribution in [0.15, 0.2) is 34.6 Å². The van der Waals surface area contributed by atoms with Gasteiger partial charge in [-0.15, -0.1) is 11.3 Å². The highest BCUT2D eigenvalue weighted by Gasteiger charge is 2.11. The molecule has 0 aliphatic heterocycles. The molecular formula is C17H24ClN5OS. The Hall–Kier alpha value is -1.83. The summed E-state index contributed by atoms with van der Waals surface area (Å²) in [5.74, 6) is 0.632. The number of nitrogens with one attached hydrogen (secondary N) is 2. The first kappa shape index (κ1) is 19.5. The van der Waals surface area contributed by atoms with Crippen molar-refractivity contribution < 1.29 is 5.11 Å². The van der Waals surface area contributed by atoms with Gasteiger partial charge < -0.3 is 20.6 Å². The highest BCUT2D eigenvalue weighted by molar-refractivity contribution is 7.13. The number of guanidine groups is 1. The van der Waals surface area contributed by atoms with Crippen molar-refractivity contribution in [2.75, 3.05) is 32.1 Å². The fraction of sp³-hybridized carbons (Fsp3) is 0.412. The van der Waals surface area contributed by atoms with E-state index in [0.717, 1.165) is 17.4 Å². The molecule has 0 aliphatic rings. The predicted octanol–water partition coefficient (Wildman–Crippen LogP) is 2.65. The highest BCUT2D eigenvalue weighted by Crippen LogP contribution is 2.22. The van der Waals surface area contributed by atoms with Crippen LogP contribution < -0.4 is 15.5 Å². The fourth-order valence-corrected chi connectivity index (χ4v) is 3.14. The molecule has 0 spiro atoms. The summed E-state index contributed by atoms with van der Waals surface area (Å²) in [6.07, 6.45) is -0.711. The zero-order chi connectivity index (χ0) is 18.2. The molecule has 0 fully saturated rings. The van der Waals surface area contributed by atoms with Crippen molar-refractivity contribution in [3.63, 3.8) is 0 Å². The lowest BCUT2D eigenvalue weighted by Gasteiger charge is -2.16. The lowest BCUT2D eigenvalue weighted by molar-refractivity contribution is 0.181. The molecule has 1 aromatic heterocycles. The van der Waals surface area contributed by atoms with E-state index in [1.54, 1.807) is 17.4 Å². The second kappa shape index (κ2) is 9.60. The first-order valence-corrected chi connectivity index (χ1v) is 9.33. The molecule has 25 heavy (non-hydrogen) atoms. The number of benzene rings is 1. The minimum Gasteiger partial charge on any atom is -0.387 e. The van der Waals surface area contributed by atoms with E-state index >= 15 is 0 Å². The van der Waals surface area contributed by atoms with Gasteiger partial charge in [0.2, 0.25) is 0 Å². The average molecular weight is 382 g/mol. The van der Waals surface area contributed by atoms with Crippen molar-refractivity contribution in [1.82, 2.24) is 15.6 Å². The van der Waals surface area contributed by atoms with Gasteiger partial charge in [0.15, 0.2) is 11.1 Å². The summed E-state index contributed by atoms with van der Waals surface area (Å²) < 4.78 is 0. The van der Waals surface area contributed by atoms with Crippen molar-refractivity contribution in [3.8, 4) is 0 Å². The third kappa shape index (κ3) is 5.88. The van der Waals surface area contributed by atoms with Crippen LogP contribution >= 0.6 is 22.9 Å². The summed E-state index contributed by atoms with van der Waals surface area (Å²) in [7, 11) is 3.93. The van der Waals surface area contributed by atoms with E-state index in [-0.39, 0.29) is 0 Å². The second-order valence-electron chi connectivity index (χ2n) is 5.63. The van der Waals surface area contributed by atoms with E-state index in [2.05, 4.69) is 20.6 Å². The number of aliphatic hydroxyl groups excluding tert-OH is 1. The van der Waals surface area contributed by atoms with E-state index < -0.39 is 6.10 Å². The quantitative estimate of drug-likeness (QED) is 0.508. The Kier molecular flexibility index (Phi) is 7.49. The number of aliphatic imine (C=N–C) groups is 1. The lowest BCUT2D eigenvalue weighted by Crippen LogP contribution is -2.39. The molecule has 0 bridgehead atoms. The minimum atomic E-state index is -0.711. The standard InChI is InChI=1S/C17H24ClN5OS/c1-4-19-16(20-9-12-11-25-17(22-12)23(2)3)21-10-15(24)13-7-5-6-8-14(13)18/h5-8,11,15,24H,4,9-10H2,1-3H3,(H2,19,20,21). The molecule has 1 heterocycles. The molecular weight excluding hydrogens is 358 g/mol. The summed E-state index contributed by atoms with van der Waals surface area (Å²) in [5, 5.41) is 20.1. The molecule has 0 amide bonds. The zero-order valence-corrected chi connectivity index (χ0v) is 16.2. The van der Waals surface area contributed by atoms with Crippen LogP contribution in [0, 0.1) is 0 Å². The molecule has 1 unspecified atom stereocenters. The van der Waals surface area contributed by atoms with E-state index in [1.807, 2.05) is 49.5 Å². The molecule has 6 nitrogen and oxygen atoms in total. The smallest absolute Gasteiger partial charge is 0.191 e. The summed E-state index contributed by atoms with van der Waals surface area (Å²) in [6.45, 7) is 3.51. The SMILES string of the molecule is CCNC(=NCc1csc(N(C)C)n1)NCC(O)c1ccccc1Cl. The molecule has 1 atom stereocenters. The maximum atomic E-state index is 10.3. The van der Waals surface area contributed by atoms with Gasteiger partial charge in [-0.05, 0) is 13.0 Å². The van der Waals surface area contributed by atoms with Gasteiger partial charge in [-0.2, -0.15) is 0 Å². The van der Waals surface area contributed by atoms with Gasteiger partial charge in [-0.1, -0.05) is 29.8 Å². The van der Waals surface area contributed by atoms with Crippen molar-refractivity contribution in [2.24, 2.45) is 4.99 Å². The summed E-state index contributed by atoms with van der Waals surface area (Å²) in [5.41, 5.74) is 1.61. The number of hydrogen-bond acceptors (Lipinski definition) is 5. The van der Waals surface area contributed by atoms with Crippen LogP contribution in [-0.4, -0.2) is 43.2 Å². The Labute approximate surface area is 157 Å². The number of aliphatic hydroxyl groups is 1. The topological polar surface area (TPSA) is 72.8 Å². The third-order valence-corrected chi connectivity index (χ3v) is 4.79. The predicted molar refractivity (Wildman–Crippen MR) is 106 cm³/mol. The van der Waals surface area contributed by atoms with Crippen molar-refractivity contribution >= 4 is 34.0 Å². The Morgan fingerprint density at radius 2 is 2.12 bits per heavy atom. The Balaban J connectivity index is 1.96. The van der Waals surface area contributed by atoms with Crippen LogP contribution in [0.4, 0.5) is 5.13 Å². The fourth-order valence-electron chi connectivity index (χ4n) is 2.12. The number of rotatable bonds is 7. The van der Waals surface area contributed by atoms with E-state index in [0.29, 0.717) is 29.6 Å². The van der Waals surface area contributed by atoms with Gasteiger partial charge in [0.05, 0.1) is 18.3 Å². The van der Waals surface area contributed by atoms with Crippen LogP contribution in [0.1, 0.15) is 24.3 Å². The Morgan fingerprint density at radius 3 is 2.76 bits per heavy atom. The number of nitrogens with zero attached hydrogens (tertiary/aromatic N) is 3. The second-order valence-corrected chi connectivity index (χ2v) is 6.87. The zero-order valence-electron chi connectivity index (χ0n) is 14.7. The molecule has 0 aliphatic carbocycles.